The molecule has 0 bridgehead atoms. The van der Waals surface area contributed by atoms with Gasteiger partial charge in [0.2, 0.25) is 0 Å². The van der Waals surface area contributed by atoms with Crippen molar-refractivity contribution >= 4 is 0 Å². The van der Waals surface area contributed by atoms with Crippen molar-refractivity contribution in [1.29, 1.82) is 0 Å². The predicted molar refractivity (Wildman–Crippen MR) is 69.4 cm³/mol. The van der Waals surface area contributed by atoms with E-state index in [9.17, 15) is 0 Å². The molecule has 1 aliphatic rings. The molecule has 0 aromatic heterocycles. The Labute approximate surface area is 99.0 Å². The van der Waals surface area contributed by atoms with Crippen LogP contribution in [-0.4, -0.2) is 0 Å². The van der Waals surface area contributed by atoms with Crippen molar-refractivity contribution in [3.8, 4) is 0 Å². The van der Waals surface area contributed by atoms with Crippen LogP contribution in [0.15, 0.2) is 24.3 Å². The average molecular weight is 217 g/mol. The van der Waals surface area contributed by atoms with Gasteiger partial charge in [-0.15, -0.1) is 0 Å². The van der Waals surface area contributed by atoms with Crippen molar-refractivity contribution in [2.24, 2.45) is 11.7 Å². The van der Waals surface area contributed by atoms with Crippen molar-refractivity contribution in [3.63, 3.8) is 0 Å². The molecular formula is C15H23N. The smallest absolute Gasteiger partial charge is 0.0320 e. The first-order valence-electron chi connectivity index (χ1n) is 6.57. The van der Waals surface area contributed by atoms with Crippen LogP contribution in [0.1, 0.15) is 62.6 Å². The summed E-state index contributed by atoms with van der Waals surface area (Å²) < 4.78 is 0. The Bertz CT molecular complexity index is 324. The fourth-order valence-electron chi connectivity index (χ4n) is 2.31. The number of hydrogen-bond acceptors (Lipinski definition) is 1. The molecular weight excluding hydrogens is 194 g/mol. The molecule has 2 unspecified atom stereocenters. The zero-order valence-electron chi connectivity index (χ0n) is 10.4. The van der Waals surface area contributed by atoms with Gasteiger partial charge < -0.3 is 5.73 Å². The van der Waals surface area contributed by atoms with E-state index in [0.717, 1.165) is 12.3 Å². The first kappa shape index (κ1) is 11.7. The van der Waals surface area contributed by atoms with Crippen LogP contribution < -0.4 is 5.73 Å². The second-order valence-corrected chi connectivity index (χ2v) is 5.21. The largest absolute Gasteiger partial charge is 0.324 e. The van der Waals surface area contributed by atoms with Gasteiger partial charge in [0.1, 0.15) is 0 Å². The van der Waals surface area contributed by atoms with Crippen LogP contribution in [0.3, 0.4) is 0 Å². The summed E-state index contributed by atoms with van der Waals surface area (Å²) in [5.41, 5.74) is 9.02. The number of nitrogens with two attached hydrogens (primary N) is 1. The standard InChI is InChI=1S/C15H23N/c1-3-11(2)15(16)14-9-7-13(8-10-14)12-5-4-6-12/h7-12,15H,3-6,16H2,1-2H3. The minimum atomic E-state index is 0.195. The summed E-state index contributed by atoms with van der Waals surface area (Å²) >= 11 is 0. The van der Waals surface area contributed by atoms with Gasteiger partial charge >= 0.3 is 0 Å². The van der Waals surface area contributed by atoms with Crippen molar-refractivity contribution in [2.75, 3.05) is 0 Å². The number of rotatable bonds is 4. The minimum Gasteiger partial charge on any atom is -0.324 e. The maximum Gasteiger partial charge on any atom is 0.0320 e. The first-order valence-corrected chi connectivity index (χ1v) is 6.57. The highest BCUT2D eigenvalue weighted by atomic mass is 14.6. The highest BCUT2D eigenvalue weighted by Gasteiger charge is 2.20. The fraction of sp³-hybridized carbons (Fsp3) is 0.600. The lowest BCUT2D eigenvalue weighted by Crippen LogP contribution is -2.18. The van der Waals surface area contributed by atoms with E-state index in [0.29, 0.717) is 5.92 Å². The monoisotopic (exact) mass is 217 g/mol. The van der Waals surface area contributed by atoms with Crippen LogP contribution in [-0.2, 0) is 0 Å². The number of benzene rings is 1. The summed E-state index contributed by atoms with van der Waals surface area (Å²) in [5, 5.41) is 0. The molecule has 1 nitrogen and oxygen atoms in total. The summed E-state index contributed by atoms with van der Waals surface area (Å²) in [4.78, 5) is 0. The molecule has 0 spiro atoms. The summed E-state index contributed by atoms with van der Waals surface area (Å²) in [6.45, 7) is 4.43. The molecule has 16 heavy (non-hydrogen) atoms. The van der Waals surface area contributed by atoms with Gasteiger partial charge in [-0.25, -0.2) is 0 Å². The van der Waals surface area contributed by atoms with E-state index in [-0.39, 0.29) is 6.04 Å². The van der Waals surface area contributed by atoms with E-state index in [1.54, 1.807) is 0 Å². The maximum absolute atomic E-state index is 6.22. The SMILES string of the molecule is CCC(C)C(N)c1ccc(C2CCC2)cc1. The summed E-state index contributed by atoms with van der Waals surface area (Å²) in [5.74, 6) is 1.39. The normalized spacial score (nSPS) is 20.2. The molecule has 0 radical (unpaired) electrons. The third-order valence-electron chi connectivity index (χ3n) is 4.15. The molecule has 1 aromatic carbocycles. The topological polar surface area (TPSA) is 26.0 Å². The van der Waals surface area contributed by atoms with Crippen LogP contribution in [0.25, 0.3) is 0 Å². The molecule has 2 atom stereocenters. The van der Waals surface area contributed by atoms with Gasteiger partial charge in [0.05, 0.1) is 0 Å². The molecule has 1 heteroatoms. The molecule has 1 aromatic rings. The Morgan fingerprint density at radius 1 is 1.25 bits per heavy atom. The van der Waals surface area contributed by atoms with Gasteiger partial charge in [-0.3, -0.25) is 0 Å². The van der Waals surface area contributed by atoms with Crippen LogP contribution in [0.2, 0.25) is 0 Å². The summed E-state index contributed by atoms with van der Waals surface area (Å²) in [6, 6.07) is 9.21. The molecule has 1 fully saturated rings. The van der Waals surface area contributed by atoms with Crippen LogP contribution in [0.5, 0.6) is 0 Å². The van der Waals surface area contributed by atoms with Gasteiger partial charge in [0, 0.05) is 6.04 Å². The quantitative estimate of drug-likeness (QED) is 0.810. The molecule has 0 heterocycles. The molecule has 2 N–H and O–H groups in total. The second kappa shape index (κ2) is 5.01. The third kappa shape index (κ3) is 2.30. The highest BCUT2D eigenvalue weighted by molar-refractivity contribution is 5.28. The van der Waals surface area contributed by atoms with Gasteiger partial charge in [0.15, 0.2) is 0 Å². The molecule has 1 aliphatic carbocycles. The summed E-state index contributed by atoms with van der Waals surface area (Å²) in [7, 11) is 0. The Morgan fingerprint density at radius 3 is 2.31 bits per heavy atom. The minimum absolute atomic E-state index is 0.195. The molecule has 1 saturated carbocycles. The third-order valence-corrected chi connectivity index (χ3v) is 4.15. The Balaban J connectivity index is 2.06. The van der Waals surface area contributed by atoms with E-state index in [1.807, 2.05) is 0 Å². The molecule has 88 valence electrons. The van der Waals surface area contributed by atoms with E-state index in [2.05, 4.69) is 38.1 Å². The van der Waals surface area contributed by atoms with Crippen molar-refractivity contribution in [3.05, 3.63) is 35.4 Å². The molecule has 0 saturated heterocycles. The zero-order valence-corrected chi connectivity index (χ0v) is 10.4. The second-order valence-electron chi connectivity index (χ2n) is 5.21. The Kier molecular flexibility index (Phi) is 3.65. The van der Waals surface area contributed by atoms with Gasteiger partial charge in [-0.1, -0.05) is 51.0 Å². The summed E-state index contributed by atoms with van der Waals surface area (Å²) in [6.07, 6.45) is 5.29. The lowest BCUT2D eigenvalue weighted by Gasteiger charge is -2.26. The lowest BCUT2D eigenvalue weighted by molar-refractivity contribution is 0.419. The Morgan fingerprint density at radius 2 is 1.88 bits per heavy atom. The van der Waals surface area contributed by atoms with Gasteiger partial charge in [-0.05, 0) is 35.8 Å². The van der Waals surface area contributed by atoms with Crippen LogP contribution in [0.4, 0.5) is 0 Å². The average Bonchev–Trinajstić information content (AvgIpc) is 2.26. The van der Waals surface area contributed by atoms with E-state index in [4.69, 9.17) is 5.73 Å². The van der Waals surface area contributed by atoms with E-state index >= 15 is 0 Å². The fourth-order valence-corrected chi connectivity index (χ4v) is 2.31. The van der Waals surface area contributed by atoms with E-state index in [1.165, 1.54) is 30.4 Å². The van der Waals surface area contributed by atoms with Crippen molar-refractivity contribution in [1.82, 2.24) is 0 Å². The van der Waals surface area contributed by atoms with Crippen molar-refractivity contribution < 1.29 is 0 Å². The predicted octanol–water partition coefficient (Wildman–Crippen LogP) is 4.00. The zero-order chi connectivity index (χ0) is 11.5. The van der Waals surface area contributed by atoms with Gasteiger partial charge in [0.25, 0.3) is 0 Å². The number of hydrogen-bond donors (Lipinski definition) is 1. The molecule has 2 rings (SSSR count). The lowest BCUT2D eigenvalue weighted by atomic mass is 9.79. The van der Waals surface area contributed by atoms with Crippen LogP contribution in [0, 0.1) is 5.92 Å². The van der Waals surface area contributed by atoms with E-state index < -0.39 is 0 Å². The first-order chi connectivity index (χ1) is 7.72. The van der Waals surface area contributed by atoms with Crippen molar-refractivity contribution in [2.45, 2.75) is 51.5 Å². The Hall–Kier alpha value is -0.820. The highest BCUT2D eigenvalue weighted by Crippen LogP contribution is 2.36. The van der Waals surface area contributed by atoms with Crippen LogP contribution >= 0.6 is 0 Å². The molecule has 0 amide bonds. The van der Waals surface area contributed by atoms with Gasteiger partial charge in [-0.2, -0.15) is 0 Å². The maximum atomic E-state index is 6.22. The molecule has 0 aliphatic heterocycles.